The maximum absolute atomic E-state index is 12.4. The van der Waals surface area contributed by atoms with Crippen LogP contribution in [0.15, 0.2) is 42.5 Å². The Balaban J connectivity index is 1.72. The molecule has 0 atom stereocenters. The van der Waals surface area contributed by atoms with Crippen LogP contribution >= 0.6 is 11.6 Å². The molecule has 0 saturated heterocycles. The number of hydrogen-bond donors (Lipinski definition) is 1. The number of amides is 2. The summed E-state index contributed by atoms with van der Waals surface area (Å²) >= 11 is 6.00. The maximum Gasteiger partial charge on any atom is 0.265 e. The summed E-state index contributed by atoms with van der Waals surface area (Å²) in [4.78, 5) is 27.9. The van der Waals surface area contributed by atoms with Gasteiger partial charge in [-0.15, -0.1) is 0 Å². The number of hydrogen-bond acceptors (Lipinski definition) is 4. The number of rotatable bonds is 4. The van der Waals surface area contributed by atoms with Crippen molar-refractivity contribution < 1.29 is 14.3 Å². The average molecular weight is 360 g/mol. The van der Waals surface area contributed by atoms with E-state index in [9.17, 15) is 9.59 Å². The molecule has 2 amide bonds. The van der Waals surface area contributed by atoms with E-state index in [1.807, 2.05) is 43.3 Å². The summed E-state index contributed by atoms with van der Waals surface area (Å²) in [7, 11) is 3.89. The smallest absolute Gasteiger partial charge is 0.265 e. The van der Waals surface area contributed by atoms with Gasteiger partial charge in [0.2, 0.25) is 5.91 Å². The summed E-state index contributed by atoms with van der Waals surface area (Å²) in [5.74, 6) is -0.0428. The van der Waals surface area contributed by atoms with Gasteiger partial charge in [-0.3, -0.25) is 14.5 Å². The lowest BCUT2D eigenvalue weighted by Crippen LogP contribution is -2.43. The van der Waals surface area contributed by atoms with Gasteiger partial charge in [0.25, 0.3) is 5.91 Å². The van der Waals surface area contributed by atoms with Crippen LogP contribution in [0.4, 0.5) is 17.1 Å². The zero-order chi connectivity index (χ0) is 18.0. The van der Waals surface area contributed by atoms with Gasteiger partial charge in [-0.2, -0.15) is 0 Å². The number of carbonyl (C=O) groups excluding carboxylic acids is 2. The molecule has 3 rings (SSSR count). The molecular formula is C18H18ClN3O3. The van der Waals surface area contributed by atoms with Crippen molar-refractivity contribution in [2.75, 3.05) is 42.4 Å². The van der Waals surface area contributed by atoms with Crippen LogP contribution in [-0.4, -0.2) is 39.1 Å². The van der Waals surface area contributed by atoms with E-state index >= 15 is 0 Å². The third kappa shape index (κ3) is 3.85. The van der Waals surface area contributed by atoms with Gasteiger partial charge in [-0.05, 0) is 42.5 Å². The van der Waals surface area contributed by atoms with Crippen LogP contribution in [0.3, 0.4) is 0 Å². The van der Waals surface area contributed by atoms with E-state index in [-0.39, 0.29) is 25.0 Å². The van der Waals surface area contributed by atoms with Crippen molar-refractivity contribution in [1.82, 2.24) is 0 Å². The highest BCUT2D eigenvalue weighted by Crippen LogP contribution is 2.34. The van der Waals surface area contributed by atoms with Gasteiger partial charge < -0.3 is 15.0 Å². The molecule has 0 unspecified atom stereocenters. The van der Waals surface area contributed by atoms with Crippen molar-refractivity contribution in [3.8, 4) is 5.75 Å². The Bertz CT molecular complexity index is 806. The van der Waals surface area contributed by atoms with Gasteiger partial charge in [-0.25, -0.2) is 0 Å². The molecule has 0 fully saturated rings. The molecule has 2 aromatic carbocycles. The highest BCUT2D eigenvalue weighted by atomic mass is 35.5. The number of benzene rings is 2. The molecule has 0 saturated carbocycles. The van der Waals surface area contributed by atoms with Crippen LogP contribution < -0.4 is 19.9 Å². The second kappa shape index (κ2) is 7.03. The van der Waals surface area contributed by atoms with Gasteiger partial charge in [0.15, 0.2) is 6.61 Å². The number of carbonyl (C=O) groups is 2. The molecule has 1 N–H and O–H groups in total. The number of fused-ring (bicyclic) bond motifs is 1. The zero-order valence-corrected chi connectivity index (χ0v) is 14.7. The first-order valence-electron chi connectivity index (χ1n) is 7.74. The van der Waals surface area contributed by atoms with Crippen molar-refractivity contribution in [2.24, 2.45) is 0 Å². The summed E-state index contributed by atoms with van der Waals surface area (Å²) in [5, 5.41) is 3.27. The first kappa shape index (κ1) is 17.1. The second-order valence-corrected chi connectivity index (χ2v) is 6.31. The topological polar surface area (TPSA) is 61.9 Å². The SMILES string of the molecule is CN(C)c1ccc(NC(=O)CN2C(=O)COc3ccc(Cl)cc32)cc1. The zero-order valence-electron chi connectivity index (χ0n) is 14.0. The Morgan fingerprint density at radius 2 is 1.96 bits per heavy atom. The molecule has 0 aromatic heterocycles. The lowest BCUT2D eigenvalue weighted by atomic mass is 10.2. The number of nitrogens with one attached hydrogen (secondary N) is 1. The fourth-order valence-electron chi connectivity index (χ4n) is 2.54. The Kier molecular flexibility index (Phi) is 4.81. The number of anilines is 3. The standard InChI is InChI=1S/C18H18ClN3O3/c1-21(2)14-6-4-13(5-7-14)20-17(23)10-22-15-9-12(19)3-8-16(15)25-11-18(22)24/h3-9H,10-11H2,1-2H3,(H,20,23). The van der Waals surface area contributed by atoms with Crippen LogP contribution in [0.1, 0.15) is 0 Å². The molecule has 0 bridgehead atoms. The number of nitrogens with zero attached hydrogens (tertiary/aromatic N) is 2. The van der Waals surface area contributed by atoms with E-state index in [1.165, 1.54) is 4.90 Å². The quantitative estimate of drug-likeness (QED) is 0.911. The minimum atomic E-state index is -0.293. The largest absolute Gasteiger partial charge is 0.482 e. The first-order valence-corrected chi connectivity index (χ1v) is 8.12. The van der Waals surface area contributed by atoms with Crippen LogP contribution in [0.2, 0.25) is 5.02 Å². The van der Waals surface area contributed by atoms with Crippen molar-refractivity contribution in [2.45, 2.75) is 0 Å². The summed E-state index contributed by atoms with van der Waals surface area (Å²) in [6, 6.07) is 12.4. The molecule has 7 heteroatoms. The minimum absolute atomic E-state index is 0.0978. The van der Waals surface area contributed by atoms with Gasteiger partial charge >= 0.3 is 0 Å². The van der Waals surface area contributed by atoms with Crippen LogP contribution in [-0.2, 0) is 9.59 Å². The van der Waals surface area contributed by atoms with Crippen molar-refractivity contribution >= 4 is 40.5 Å². The van der Waals surface area contributed by atoms with Crippen LogP contribution in [0.25, 0.3) is 0 Å². The molecular weight excluding hydrogens is 342 g/mol. The molecule has 1 aliphatic heterocycles. The Morgan fingerprint density at radius 1 is 1.24 bits per heavy atom. The molecule has 0 spiro atoms. The fourth-order valence-corrected chi connectivity index (χ4v) is 2.70. The monoisotopic (exact) mass is 359 g/mol. The maximum atomic E-state index is 12.4. The van der Waals surface area contributed by atoms with Gasteiger partial charge in [-0.1, -0.05) is 11.6 Å². The first-order chi connectivity index (χ1) is 11.9. The minimum Gasteiger partial charge on any atom is -0.482 e. The number of halogens is 1. The van der Waals surface area contributed by atoms with Crippen molar-refractivity contribution in [1.29, 1.82) is 0 Å². The van der Waals surface area contributed by atoms with E-state index in [0.29, 0.717) is 22.1 Å². The van der Waals surface area contributed by atoms with Gasteiger partial charge in [0.05, 0.1) is 5.69 Å². The lowest BCUT2D eigenvalue weighted by Gasteiger charge is -2.29. The van der Waals surface area contributed by atoms with E-state index in [4.69, 9.17) is 16.3 Å². The van der Waals surface area contributed by atoms with Crippen LogP contribution in [0.5, 0.6) is 5.75 Å². The highest BCUT2D eigenvalue weighted by molar-refractivity contribution is 6.31. The van der Waals surface area contributed by atoms with E-state index < -0.39 is 0 Å². The molecule has 0 aliphatic carbocycles. The van der Waals surface area contributed by atoms with E-state index in [1.54, 1.807) is 18.2 Å². The Morgan fingerprint density at radius 3 is 2.64 bits per heavy atom. The molecule has 1 aliphatic rings. The van der Waals surface area contributed by atoms with E-state index in [0.717, 1.165) is 5.69 Å². The van der Waals surface area contributed by atoms with Crippen molar-refractivity contribution in [3.05, 3.63) is 47.5 Å². The van der Waals surface area contributed by atoms with Gasteiger partial charge in [0, 0.05) is 30.5 Å². The second-order valence-electron chi connectivity index (χ2n) is 5.87. The summed E-state index contributed by atoms with van der Waals surface area (Å²) in [6.07, 6.45) is 0. The molecule has 25 heavy (non-hydrogen) atoms. The lowest BCUT2D eigenvalue weighted by molar-refractivity contribution is -0.123. The number of ether oxygens (including phenoxy) is 1. The third-order valence-electron chi connectivity index (χ3n) is 3.83. The molecule has 0 radical (unpaired) electrons. The fraction of sp³-hybridized carbons (Fsp3) is 0.222. The van der Waals surface area contributed by atoms with Crippen LogP contribution in [0, 0.1) is 0 Å². The molecule has 2 aromatic rings. The predicted octanol–water partition coefficient (Wildman–Crippen LogP) is 2.77. The molecule has 6 nitrogen and oxygen atoms in total. The Hall–Kier alpha value is -2.73. The summed E-state index contributed by atoms with van der Waals surface area (Å²) in [6.45, 7) is -0.204. The summed E-state index contributed by atoms with van der Waals surface area (Å²) < 4.78 is 5.37. The normalized spacial score (nSPS) is 13.1. The van der Waals surface area contributed by atoms with E-state index in [2.05, 4.69) is 5.32 Å². The molecule has 130 valence electrons. The third-order valence-corrected chi connectivity index (χ3v) is 4.07. The Labute approximate surface area is 150 Å². The summed E-state index contributed by atoms with van der Waals surface area (Å²) in [5.41, 5.74) is 2.20. The van der Waals surface area contributed by atoms with Crippen molar-refractivity contribution in [3.63, 3.8) is 0 Å². The molecule has 1 heterocycles. The predicted molar refractivity (Wildman–Crippen MR) is 98.7 cm³/mol. The van der Waals surface area contributed by atoms with Gasteiger partial charge in [0.1, 0.15) is 12.3 Å². The highest BCUT2D eigenvalue weighted by Gasteiger charge is 2.27. The average Bonchev–Trinajstić information content (AvgIpc) is 2.58.